The topological polar surface area (TPSA) is 23.8 Å². The molecule has 52 valence electrons. The van der Waals surface area contributed by atoms with Crippen molar-refractivity contribution in [2.45, 2.75) is 11.5 Å². The van der Waals surface area contributed by atoms with E-state index in [0.717, 1.165) is 0 Å². The second-order valence-corrected chi connectivity index (χ2v) is 2.47. The van der Waals surface area contributed by atoms with Crippen LogP contribution in [0.15, 0.2) is 23.8 Å². The molecule has 0 aliphatic heterocycles. The summed E-state index contributed by atoms with van der Waals surface area (Å²) in [5.74, 6) is 0. The first-order valence-electron chi connectivity index (χ1n) is 2.82. The highest BCUT2D eigenvalue weighted by Crippen LogP contribution is 2.20. The molecular formula is C7H5ClFN. The fraction of sp³-hybridized carbons (Fsp3) is 0.286. The molecule has 0 radical (unpaired) electrons. The van der Waals surface area contributed by atoms with Gasteiger partial charge in [-0.1, -0.05) is 12.2 Å². The summed E-state index contributed by atoms with van der Waals surface area (Å²) in [6.45, 7) is 0. The van der Waals surface area contributed by atoms with Gasteiger partial charge in [-0.25, -0.2) is 4.39 Å². The van der Waals surface area contributed by atoms with Crippen LogP contribution in [0.25, 0.3) is 0 Å². The lowest BCUT2D eigenvalue weighted by Crippen LogP contribution is -2.17. The van der Waals surface area contributed by atoms with Crippen molar-refractivity contribution in [2.24, 2.45) is 0 Å². The van der Waals surface area contributed by atoms with Crippen molar-refractivity contribution in [1.82, 2.24) is 0 Å². The summed E-state index contributed by atoms with van der Waals surface area (Å²) < 4.78 is 12.8. The Hall–Kier alpha value is -0.810. The number of hydrogen-bond acceptors (Lipinski definition) is 1. The molecule has 10 heavy (non-hydrogen) atoms. The first-order valence-corrected chi connectivity index (χ1v) is 3.26. The van der Waals surface area contributed by atoms with Gasteiger partial charge in [0.1, 0.15) is 0 Å². The van der Waals surface area contributed by atoms with E-state index < -0.39 is 11.5 Å². The van der Waals surface area contributed by atoms with Crippen molar-refractivity contribution in [3.63, 3.8) is 0 Å². The van der Waals surface area contributed by atoms with E-state index in [9.17, 15) is 4.39 Å². The first-order chi connectivity index (χ1) is 4.75. The van der Waals surface area contributed by atoms with Crippen LogP contribution in [0.1, 0.15) is 0 Å². The molecule has 1 nitrogen and oxygen atoms in total. The van der Waals surface area contributed by atoms with Gasteiger partial charge in [0.25, 0.3) is 0 Å². The van der Waals surface area contributed by atoms with Gasteiger partial charge in [-0.2, -0.15) is 5.26 Å². The molecule has 1 rings (SSSR count). The maximum Gasteiger partial charge on any atom is 0.155 e. The second-order valence-electron chi connectivity index (χ2n) is 1.96. The molecule has 0 saturated heterocycles. The molecule has 0 amide bonds. The zero-order valence-electron chi connectivity index (χ0n) is 5.09. The van der Waals surface area contributed by atoms with Crippen LogP contribution in [-0.4, -0.2) is 11.5 Å². The normalized spacial score (nSPS) is 31.1. The standard InChI is InChI=1S/C7H5ClFN/c8-6-3-1-2-5(4-10)7(6)9/h1-3,6-7H. The van der Waals surface area contributed by atoms with Crippen molar-refractivity contribution < 1.29 is 4.39 Å². The molecular weight excluding hydrogens is 153 g/mol. The van der Waals surface area contributed by atoms with E-state index in [2.05, 4.69) is 0 Å². The minimum absolute atomic E-state index is 0.0995. The molecule has 0 bridgehead atoms. The third kappa shape index (κ3) is 1.19. The van der Waals surface area contributed by atoms with E-state index in [4.69, 9.17) is 16.9 Å². The lowest BCUT2D eigenvalue weighted by Gasteiger charge is -2.12. The predicted molar refractivity (Wildman–Crippen MR) is 37.4 cm³/mol. The van der Waals surface area contributed by atoms with Crippen molar-refractivity contribution >= 4 is 11.6 Å². The van der Waals surface area contributed by atoms with Gasteiger partial charge in [0.05, 0.1) is 17.0 Å². The summed E-state index contributed by atoms with van der Waals surface area (Å²) >= 11 is 5.49. The smallest absolute Gasteiger partial charge is 0.155 e. The third-order valence-electron chi connectivity index (χ3n) is 1.28. The number of allylic oxidation sites excluding steroid dienone is 4. The van der Waals surface area contributed by atoms with Crippen LogP contribution >= 0.6 is 11.6 Å². The fourth-order valence-corrected chi connectivity index (χ4v) is 0.945. The number of rotatable bonds is 0. The lowest BCUT2D eigenvalue weighted by molar-refractivity contribution is 0.394. The molecule has 3 heteroatoms. The van der Waals surface area contributed by atoms with Crippen LogP contribution in [0.3, 0.4) is 0 Å². The highest BCUT2D eigenvalue weighted by Gasteiger charge is 2.22. The molecule has 0 N–H and O–H groups in total. The van der Waals surface area contributed by atoms with Crippen molar-refractivity contribution in [1.29, 1.82) is 5.26 Å². The Morgan fingerprint density at radius 3 is 2.90 bits per heavy atom. The van der Waals surface area contributed by atoms with E-state index >= 15 is 0 Å². The summed E-state index contributed by atoms with van der Waals surface area (Å²) in [6, 6.07) is 1.73. The maximum absolute atomic E-state index is 12.8. The number of hydrogen-bond donors (Lipinski definition) is 0. The highest BCUT2D eigenvalue weighted by molar-refractivity contribution is 6.22. The van der Waals surface area contributed by atoms with Gasteiger partial charge in [0.2, 0.25) is 0 Å². The largest absolute Gasteiger partial charge is 0.240 e. The molecule has 0 aromatic rings. The summed E-state index contributed by atoms with van der Waals surface area (Å²) in [5, 5.41) is 7.65. The Morgan fingerprint density at radius 1 is 1.70 bits per heavy atom. The number of alkyl halides is 2. The van der Waals surface area contributed by atoms with Crippen molar-refractivity contribution in [3.8, 4) is 6.07 Å². The molecule has 1 aliphatic rings. The monoisotopic (exact) mass is 157 g/mol. The van der Waals surface area contributed by atoms with Gasteiger partial charge in [-0.3, -0.25) is 0 Å². The lowest BCUT2D eigenvalue weighted by atomic mass is 10.0. The number of nitriles is 1. The van der Waals surface area contributed by atoms with E-state index in [1.807, 2.05) is 0 Å². The van der Waals surface area contributed by atoms with Crippen LogP contribution in [0, 0.1) is 11.3 Å². The Kier molecular flexibility index (Phi) is 2.08. The summed E-state index contributed by atoms with van der Waals surface area (Å²) in [6.07, 6.45) is 3.21. The average molecular weight is 158 g/mol. The molecule has 2 unspecified atom stereocenters. The molecule has 0 saturated carbocycles. The average Bonchev–Trinajstić information content (AvgIpc) is 1.95. The van der Waals surface area contributed by atoms with Crippen LogP contribution in [0.4, 0.5) is 4.39 Å². The quantitative estimate of drug-likeness (QED) is 0.493. The zero-order valence-corrected chi connectivity index (χ0v) is 5.85. The molecule has 0 aromatic heterocycles. The summed E-state index contributed by atoms with van der Waals surface area (Å²) in [5.41, 5.74) is 0.0995. The van der Waals surface area contributed by atoms with Gasteiger partial charge >= 0.3 is 0 Å². The maximum atomic E-state index is 12.8. The van der Waals surface area contributed by atoms with E-state index in [1.165, 1.54) is 12.2 Å². The van der Waals surface area contributed by atoms with Crippen molar-refractivity contribution in [3.05, 3.63) is 23.8 Å². The first kappa shape index (κ1) is 7.30. The van der Waals surface area contributed by atoms with Gasteiger partial charge in [0.15, 0.2) is 6.17 Å². The Balaban J connectivity index is 2.84. The van der Waals surface area contributed by atoms with Gasteiger partial charge < -0.3 is 0 Å². The van der Waals surface area contributed by atoms with E-state index in [-0.39, 0.29) is 5.57 Å². The Labute approximate surface area is 63.4 Å². The SMILES string of the molecule is N#CC1=CC=CC(Cl)C1F. The second kappa shape index (κ2) is 2.85. The number of nitrogens with zero attached hydrogens (tertiary/aromatic N) is 1. The van der Waals surface area contributed by atoms with Gasteiger partial charge in [0, 0.05) is 0 Å². The highest BCUT2D eigenvalue weighted by atomic mass is 35.5. The third-order valence-corrected chi connectivity index (χ3v) is 1.64. The summed E-state index contributed by atoms with van der Waals surface area (Å²) in [7, 11) is 0. The fourth-order valence-electron chi connectivity index (χ4n) is 0.725. The molecule has 1 aliphatic carbocycles. The summed E-state index contributed by atoms with van der Waals surface area (Å²) in [4.78, 5) is 0. The van der Waals surface area contributed by atoms with Crippen LogP contribution in [0.2, 0.25) is 0 Å². The molecule has 0 spiro atoms. The minimum atomic E-state index is -1.34. The van der Waals surface area contributed by atoms with E-state index in [1.54, 1.807) is 12.1 Å². The minimum Gasteiger partial charge on any atom is -0.240 e. The number of halogens is 2. The molecule has 2 atom stereocenters. The van der Waals surface area contributed by atoms with Crippen molar-refractivity contribution in [2.75, 3.05) is 0 Å². The predicted octanol–water partition coefficient (Wildman–Crippen LogP) is 1.95. The molecule has 0 heterocycles. The molecule has 0 aromatic carbocycles. The zero-order chi connectivity index (χ0) is 7.56. The van der Waals surface area contributed by atoms with Crippen LogP contribution < -0.4 is 0 Å². The van der Waals surface area contributed by atoms with Gasteiger partial charge in [-0.15, -0.1) is 11.6 Å². The van der Waals surface area contributed by atoms with Gasteiger partial charge in [-0.05, 0) is 6.08 Å². The Morgan fingerprint density at radius 2 is 2.40 bits per heavy atom. The van der Waals surface area contributed by atoms with Crippen LogP contribution in [0.5, 0.6) is 0 Å². The Bertz CT molecular complexity index is 226. The van der Waals surface area contributed by atoms with Crippen LogP contribution in [-0.2, 0) is 0 Å². The van der Waals surface area contributed by atoms with E-state index in [0.29, 0.717) is 0 Å². The molecule has 0 fully saturated rings.